The van der Waals surface area contributed by atoms with Crippen LogP contribution in [0.3, 0.4) is 0 Å². The normalized spacial score (nSPS) is 12.6. The van der Waals surface area contributed by atoms with E-state index in [0.29, 0.717) is 46.1 Å². The average Bonchev–Trinajstić information content (AvgIpc) is 3.19. The van der Waals surface area contributed by atoms with Crippen molar-refractivity contribution in [2.24, 2.45) is 18.8 Å². The second kappa shape index (κ2) is 42.8. The van der Waals surface area contributed by atoms with E-state index in [0.717, 1.165) is 0 Å². The molecule has 0 saturated carbocycles. The molecular formula is C28H28N16O16S2Y2+2. The van der Waals surface area contributed by atoms with E-state index < -0.39 is 42.7 Å². The van der Waals surface area contributed by atoms with Crippen LogP contribution in [-0.2, 0) is 98.7 Å². The van der Waals surface area contributed by atoms with E-state index in [4.69, 9.17) is 71.8 Å². The van der Waals surface area contributed by atoms with Gasteiger partial charge in [-0.2, -0.15) is 19.3 Å². The maximum absolute atomic E-state index is 11.7. The first-order valence-corrected chi connectivity index (χ1v) is 16.7. The molecule has 6 N–H and O–H groups in total. The molecule has 0 bridgehead atoms. The molecule has 32 nitrogen and oxygen atoms in total. The molecule has 64 heavy (non-hydrogen) atoms. The minimum atomic E-state index is -1.75. The molecule has 0 aromatic carbocycles. The third-order valence-corrected chi connectivity index (χ3v) is 5.97. The van der Waals surface area contributed by atoms with Crippen LogP contribution >= 0.6 is 0 Å². The molecule has 0 fully saturated rings. The Kier molecular flexibility index (Phi) is 46.0. The van der Waals surface area contributed by atoms with Gasteiger partial charge in [-0.05, 0) is 60.2 Å². The van der Waals surface area contributed by atoms with Crippen molar-refractivity contribution in [3.63, 3.8) is 0 Å². The summed E-state index contributed by atoms with van der Waals surface area (Å²) in [6, 6.07) is 24.9. The van der Waals surface area contributed by atoms with E-state index in [1.54, 1.807) is 85.5 Å². The molecule has 0 unspecified atom stereocenters. The van der Waals surface area contributed by atoms with Crippen molar-refractivity contribution in [1.29, 1.82) is 10.5 Å². The van der Waals surface area contributed by atoms with Crippen LogP contribution in [0.25, 0.3) is 9.44 Å². The van der Waals surface area contributed by atoms with Crippen molar-refractivity contribution in [3.8, 4) is 12.1 Å². The fourth-order valence-electron chi connectivity index (χ4n) is 3.02. The second-order valence-electron chi connectivity index (χ2n) is 8.55. The fourth-order valence-corrected chi connectivity index (χ4v) is 4.23. The van der Waals surface area contributed by atoms with Gasteiger partial charge in [0, 0.05) is 38.6 Å². The molecule has 0 radical (unpaired) electrons. The van der Waals surface area contributed by atoms with Gasteiger partial charge in [0.2, 0.25) is 0 Å². The number of pyridine rings is 4. The van der Waals surface area contributed by atoms with Crippen LogP contribution in [0.15, 0.2) is 116 Å². The first kappa shape index (κ1) is 68.8. The largest absolute Gasteiger partial charge is 3.00 e. The van der Waals surface area contributed by atoms with Gasteiger partial charge in [0.05, 0.1) is 66.9 Å². The molecule has 36 heteroatoms. The first-order chi connectivity index (χ1) is 28.4. The quantitative estimate of drug-likeness (QED) is 0.159. The number of nitriles is 2. The Hall–Kier alpha value is -6.91. The Bertz CT molecular complexity index is 2030. The van der Waals surface area contributed by atoms with E-state index in [1.165, 1.54) is 13.8 Å². The summed E-state index contributed by atoms with van der Waals surface area (Å²) in [5.74, 6) is 1.20. The van der Waals surface area contributed by atoms with Crippen LogP contribution in [0.2, 0.25) is 0 Å². The van der Waals surface area contributed by atoms with Gasteiger partial charge in [0.15, 0.2) is 22.3 Å². The Morgan fingerprint density at radius 1 is 0.484 bits per heavy atom. The molecule has 0 aliphatic carbocycles. The summed E-state index contributed by atoms with van der Waals surface area (Å²) in [6.45, 7) is 2.86. The summed E-state index contributed by atoms with van der Waals surface area (Å²) in [7, 11) is 0. The zero-order valence-electron chi connectivity index (χ0n) is 32.2. The molecule has 2 aliphatic heterocycles. The van der Waals surface area contributed by atoms with E-state index in [2.05, 4.69) is 48.2 Å². The minimum absolute atomic E-state index is 0. The van der Waals surface area contributed by atoms with Gasteiger partial charge in [-0.1, -0.05) is 24.3 Å². The third-order valence-electron chi connectivity index (χ3n) is 4.66. The van der Waals surface area contributed by atoms with Crippen LogP contribution in [0.5, 0.6) is 0 Å². The summed E-state index contributed by atoms with van der Waals surface area (Å²) in [4.78, 5) is 58.0. The van der Waals surface area contributed by atoms with Crippen molar-refractivity contribution in [1.82, 2.24) is 19.9 Å². The number of nitrogens with zero attached hydrogens (tertiary/aromatic N) is 16. The first-order valence-electron chi connectivity index (χ1n) is 14.6. The van der Waals surface area contributed by atoms with Crippen molar-refractivity contribution in [2.75, 3.05) is 0 Å². The van der Waals surface area contributed by atoms with Crippen molar-refractivity contribution >= 4 is 45.7 Å². The molecular weight excluding hydrogens is 1060 g/mol. The van der Waals surface area contributed by atoms with Crippen LogP contribution in [-0.4, -0.2) is 72.0 Å². The van der Waals surface area contributed by atoms with Crippen LogP contribution in [0.1, 0.15) is 36.6 Å². The smallest absolute Gasteiger partial charge is 0.457 e. The molecule has 4 aromatic heterocycles. The zero-order valence-corrected chi connectivity index (χ0v) is 39.5. The topological polar surface area (TPSA) is 542 Å². The number of hydrogen-bond donors (Lipinski definition) is 0. The average molecular weight is 1090 g/mol. The molecule has 332 valence electrons. The van der Waals surface area contributed by atoms with E-state index in [9.17, 15) is 8.42 Å². The summed E-state index contributed by atoms with van der Waals surface area (Å²) < 4.78 is 38.8. The maximum atomic E-state index is 11.7. The van der Waals surface area contributed by atoms with Gasteiger partial charge >= 0.3 is 65.4 Å². The molecule has 0 spiro atoms. The summed E-state index contributed by atoms with van der Waals surface area (Å²) in [5.41, 5.74) is 2.22. The minimum Gasteiger partial charge on any atom is -0.457 e. The Morgan fingerprint density at radius 2 is 0.688 bits per heavy atom. The number of amidine groups is 4. The standard InChI is InChI=1S/2C12H8N5OS.2C2H3N.4NO3.2H2O.2Y/c2*18-19-16-11(9-5-1-3-7-13-9)15-12(17-19)10-6-2-4-8-14-10;2*1-2-3;4*2-1(3)4;;;;/h2*1-8H;2*1H3;;;;;2*1H2;;/q2*-1;;;4*-1;;;2*+3/p+2. The van der Waals surface area contributed by atoms with Crippen molar-refractivity contribution in [3.05, 3.63) is 191 Å². The summed E-state index contributed by atoms with van der Waals surface area (Å²) in [6.07, 6.45) is 6.51. The van der Waals surface area contributed by atoms with Crippen molar-refractivity contribution in [2.45, 2.75) is 13.8 Å². The van der Waals surface area contributed by atoms with Gasteiger partial charge < -0.3 is 91.7 Å². The molecule has 4 aromatic rings. The number of rotatable bonds is 4. The van der Waals surface area contributed by atoms with E-state index >= 15 is 0 Å². The van der Waals surface area contributed by atoms with Gasteiger partial charge in [-0.15, -0.1) is 0 Å². The molecule has 6 rings (SSSR count). The van der Waals surface area contributed by atoms with Crippen LogP contribution < -0.4 is 0 Å². The van der Waals surface area contributed by atoms with Crippen LogP contribution in [0.4, 0.5) is 0 Å². The molecule has 0 saturated heterocycles. The number of aliphatic imine (C=N–C) groups is 2. The molecule has 6 heterocycles. The molecule has 2 atom stereocenters. The number of aromatic nitrogens is 4. The van der Waals surface area contributed by atoms with Gasteiger partial charge in [-0.25, -0.2) is 8.42 Å². The second-order valence-corrected chi connectivity index (χ2v) is 10.2. The predicted octanol–water partition coefficient (Wildman–Crippen LogP) is 1.53. The SMILES string of the molecule is CC#N.CC#N.O=[N+]([O-])[O-].O=[N+]([O-])[O-].O=[N+]([O-])[O-].O=[N+]([O-])[O-].O=[S@@]1N=C(c2ccccn2)N=C(c2ccccn2)[N-]1.O=[S@]1N=C(c2ccccn2)N=C(c2ccccn2)[N-]1.[OH3+].[OH3+].[Y+3].[Y+3]. The predicted molar refractivity (Wildman–Crippen MR) is 220 cm³/mol. The maximum Gasteiger partial charge on any atom is 3.00 e. The third kappa shape index (κ3) is 38.0. The van der Waals surface area contributed by atoms with Crippen molar-refractivity contribution < 1.29 is 105 Å². The summed E-state index contributed by atoms with van der Waals surface area (Å²) in [5, 5.41) is 73.6. The fraction of sp³-hybridized carbons (Fsp3) is 0.0714. The summed E-state index contributed by atoms with van der Waals surface area (Å²) >= 11 is -3.40. The Morgan fingerprint density at radius 3 is 0.875 bits per heavy atom. The van der Waals surface area contributed by atoms with E-state index in [-0.39, 0.29) is 76.4 Å². The zero-order chi connectivity index (χ0) is 45.9. The monoisotopic (exact) mass is 1090 g/mol. The Labute approximate surface area is 414 Å². The number of hydrogen-bond acceptors (Lipinski definition) is 22. The van der Waals surface area contributed by atoms with Crippen LogP contribution in [0, 0.1) is 83.9 Å². The van der Waals surface area contributed by atoms with Gasteiger partial charge in [0.1, 0.15) is 0 Å². The van der Waals surface area contributed by atoms with E-state index in [1.807, 2.05) is 24.3 Å². The molecule has 0 amide bonds. The Balaban J connectivity index is -0.000000174. The molecule has 2 aliphatic rings. The van der Waals surface area contributed by atoms with Gasteiger partial charge in [-0.3, -0.25) is 19.9 Å². The van der Waals surface area contributed by atoms with Gasteiger partial charge in [0.25, 0.3) is 0 Å².